The van der Waals surface area contributed by atoms with Crippen LogP contribution < -0.4 is 4.74 Å². The number of sulfonamides is 1. The molecule has 0 amide bonds. The summed E-state index contributed by atoms with van der Waals surface area (Å²) in [4.78, 5) is 0. The number of hydrogen-bond donors (Lipinski definition) is 0. The fraction of sp³-hybridized carbons (Fsp3) is 0.538. The van der Waals surface area contributed by atoms with Crippen LogP contribution in [0.4, 0.5) is 0 Å². The van der Waals surface area contributed by atoms with Crippen LogP contribution in [0, 0.1) is 0 Å². The Morgan fingerprint density at radius 3 is 2.50 bits per heavy atom. The highest BCUT2D eigenvalue weighted by molar-refractivity contribution is 7.89. The van der Waals surface area contributed by atoms with Gasteiger partial charge in [-0.2, -0.15) is 0 Å². The number of benzene rings is 1. The smallest absolute Gasteiger partial charge is 0.213 e. The first-order valence-corrected chi connectivity index (χ1v) is 7.79. The van der Waals surface area contributed by atoms with E-state index in [9.17, 15) is 8.42 Å². The number of nitrogens with zero attached hydrogens (tertiary/aromatic N) is 1. The highest BCUT2D eigenvalue weighted by Gasteiger charge is 2.15. The van der Waals surface area contributed by atoms with Gasteiger partial charge in [0, 0.05) is 13.6 Å². The lowest BCUT2D eigenvalue weighted by Gasteiger charge is -2.16. The van der Waals surface area contributed by atoms with Crippen LogP contribution in [0.2, 0.25) is 0 Å². The maximum absolute atomic E-state index is 11.7. The van der Waals surface area contributed by atoms with E-state index in [1.165, 1.54) is 4.31 Å². The molecule has 0 radical (unpaired) electrons. The lowest BCUT2D eigenvalue weighted by molar-refractivity contribution is 0.296. The SMILES string of the molecule is CCCS(=O)(=O)N(C)CCCOc1ccccc1. The Bertz CT molecular complexity index is 431. The molecule has 102 valence electrons. The first kappa shape index (κ1) is 15.0. The average molecular weight is 271 g/mol. The van der Waals surface area contributed by atoms with Gasteiger partial charge in [-0.1, -0.05) is 25.1 Å². The molecule has 0 atom stereocenters. The number of ether oxygens (including phenoxy) is 1. The predicted octanol–water partition coefficient (Wildman–Crippen LogP) is 2.13. The van der Waals surface area contributed by atoms with Crippen LogP contribution in [0.5, 0.6) is 5.75 Å². The molecule has 0 bridgehead atoms. The maximum Gasteiger partial charge on any atom is 0.213 e. The van der Waals surface area contributed by atoms with E-state index in [0.717, 1.165) is 5.75 Å². The van der Waals surface area contributed by atoms with Crippen molar-refractivity contribution in [2.75, 3.05) is 26.0 Å². The van der Waals surface area contributed by atoms with E-state index in [1.54, 1.807) is 7.05 Å². The zero-order valence-corrected chi connectivity index (χ0v) is 11.8. The molecular weight excluding hydrogens is 250 g/mol. The average Bonchev–Trinajstić information content (AvgIpc) is 2.35. The minimum Gasteiger partial charge on any atom is -0.494 e. The summed E-state index contributed by atoms with van der Waals surface area (Å²) in [6.45, 7) is 2.88. The molecule has 0 aliphatic carbocycles. The van der Waals surface area contributed by atoms with Crippen LogP contribution in [0.3, 0.4) is 0 Å². The van der Waals surface area contributed by atoms with E-state index in [1.807, 2.05) is 37.3 Å². The van der Waals surface area contributed by atoms with Gasteiger partial charge in [0.2, 0.25) is 10.0 Å². The van der Waals surface area contributed by atoms with Crippen molar-refractivity contribution in [3.05, 3.63) is 30.3 Å². The van der Waals surface area contributed by atoms with Crippen molar-refractivity contribution in [1.82, 2.24) is 4.31 Å². The molecule has 18 heavy (non-hydrogen) atoms. The van der Waals surface area contributed by atoms with Crippen LogP contribution in [0.1, 0.15) is 19.8 Å². The topological polar surface area (TPSA) is 46.6 Å². The fourth-order valence-corrected chi connectivity index (χ4v) is 2.78. The summed E-state index contributed by atoms with van der Waals surface area (Å²) in [5.74, 6) is 1.03. The molecule has 0 saturated heterocycles. The second-order valence-corrected chi connectivity index (χ2v) is 6.35. The van der Waals surface area contributed by atoms with Crippen molar-refractivity contribution in [3.63, 3.8) is 0 Å². The van der Waals surface area contributed by atoms with Gasteiger partial charge in [-0.15, -0.1) is 0 Å². The number of rotatable bonds is 8. The molecule has 0 aromatic heterocycles. The summed E-state index contributed by atoms with van der Waals surface area (Å²) in [6.07, 6.45) is 1.33. The molecule has 0 aliphatic rings. The summed E-state index contributed by atoms with van der Waals surface area (Å²) in [5, 5.41) is 0. The normalized spacial score (nSPS) is 11.7. The van der Waals surface area contributed by atoms with Gasteiger partial charge in [-0.25, -0.2) is 12.7 Å². The van der Waals surface area contributed by atoms with Crippen molar-refractivity contribution >= 4 is 10.0 Å². The quantitative estimate of drug-likeness (QED) is 0.680. The molecule has 5 heteroatoms. The number of hydrogen-bond acceptors (Lipinski definition) is 3. The molecule has 0 saturated carbocycles. The Labute approximate surface area is 110 Å². The van der Waals surface area contributed by atoms with Gasteiger partial charge < -0.3 is 4.74 Å². The minimum atomic E-state index is -3.08. The lowest BCUT2D eigenvalue weighted by atomic mass is 10.3. The Balaban J connectivity index is 2.26. The van der Waals surface area contributed by atoms with E-state index in [4.69, 9.17) is 4.74 Å². The van der Waals surface area contributed by atoms with E-state index >= 15 is 0 Å². The summed E-state index contributed by atoms with van der Waals surface area (Å²) < 4.78 is 30.3. The predicted molar refractivity (Wildman–Crippen MR) is 73.3 cm³/mol. The van der Waals surface area contributed by atoms with Crippen molar-refractivity contribution in [3.8, 4) is 5.75 Å². The Kier molecular flexibility index (Phi) is 6.15. The van der Waals surface area contributed by atoms with Crippen molar-refractivity contribution in [2.24, 2.45) is 0 Å². The molecular formula is C13H21NO3S. The fourth-order valence-electron chi connectivity index (χ4n) is 1.55. The standard InChI is InChI=1S/C13H21NO3S/c1-3-12-18(15,16)14(2)10-7-11-17-13-8-5-4-6-9-13/h4-6,8-9H,3,7,10-12H2,1-2H3. The van der Waals surface area contributed by atoms with Gasteiger partial charge in [0.1, 0.15) is 5.75 Å². The Hall–Kier alpha value is -1.07. The summed E-state index contributed by atoms with van der Waals surface area (Å²) in [6, 6.07) is 9.52. The van der Waals surface area contributed by atoms with Gasteiger partial charge >= 0.3 is 0 Å². The molecule has 0 heterocycles. The second-order valence-electron chi connectivity index (χ2n) is 4.15. The molecule has 1 aromatic rings. The van der Waals surface area contributed by atoms with E-state index < -0.39 is 10.0 Å². The largest absolute Gasteiger partial charge is 0.494 e. The molecule has 0 N–H and O–H groups in total. The Morgan fingerprint density at radius 1 is 1.22 bits per heavy atom. The second kappa shape index (κ2) is 7.38. The van der Waals surface area contributed by atoms with E-state index in [0.29, 0.717) is 26.0 Å². The number of para-hydroxylation sites is 1. The first-order chi connectivity index (χ1) is 8.56. The van der Waals surface area contributed by atoms with E-state index in [-0.39, 0.29) is 5.75 Å². The highest BCUT2D eigenvalue weighted by Crippen LogP contribution is 2.09. The molecule has 0 unspecified atom stereocenters. The highest BCUT2D eigenvalue weighted by atomic mass is 32.2. The third-order valence-corrected chi connectivity index (χ3v) is 4.62. The monoisotopic (exact) mass is 271 g/mol. The van der Waals surface area contributed by atoms with Gasteiger partial charge in [0.25, 0.3) is 0 Å². The first-order valence-electron chi connectivity index (χ1n) is 6.18. The molecule has 1 aromatic carbocycles. The van der Waals surface area contributed by atoms with Crippen molar-refractivity contribution in [2.45, 2.75) is 19.8 Å². The lowest BCUT2D eigenvalue weighted by Crippen LogP contribution is -2.30. The molecule has 0 aliphatic heterocycles. The van der Waals surface area contributed by atoms with Crippen LogP contribution in [-0.4, -0.2) is 38.7 Å². The van der Waals surface area contributed by atoms with Crippen LogP contribution in [0.15, 0.2) is 30.3 Å². The van der Waals surface area contributed by atoms with Crippen molar-refractivity contribution < 1.29 is 13.2 Å². The summed E-state index contributed by atoms with van der Waals surface area (Å²) in [5.41, 5.74) is 0. The molecule has 0 fully saturated rings. The summed E-state index contributed by atoms with van der Waals surface area (Å²) >= 11 is 0. The maximum atomic E-state index is 11.7. The van der Waals surface area contributed by atoms with Gasteiger partial charge in [0.05, 0.1) is 12.4 Å². The van der Waals surface area contributed by atoms with Crippen LogP contribution >= 0.6 is 0 Å². The molecule has 0 spiro atoms. The third-order valence-electron chi connectivity index (χ3n) is 2.57. The van der Waals surface area contributed by atoms with Gasteiger partial charge in [0.15, 0.2) is 0 Å². The van der Waals surface area contributed by atoms with Crippen LogP contribution in [0.25, 0.3) is 0 Å². The Morgan fingerprint density at radius 2 is 1.89 bits per heavy atom. The zero-order valence-electron chi connectivity index (χ0n) is 11.0. The molecule has 1 rings (SSSR count). The van der Waals surface area contributed by atoms with Crippen LogP contribution in [-0.2, 0) is 10.0 Å². The van der Waals surface area contributed by atoms with Gasteiger partial charge in [-0.3, -0.25) is 0 Å². The summed E-state index contributed by atoms with van der Waals surface area (Å²) in [7, 11) is -1.46. The van der Waals surface area contributed by atoms with Gasteiger partial charge in [-0.05, 0) is 25.0 Å². The van der Waals surface area contributed by atoms with Crippen molar-refractivity contribution in [1.29, 1.82) is 0 Å². The minimum absolute atomic E-state index is 0.211. The van der Waals surface area contributed by atoms with E-state index in [2.05, 4.69) is 0 Å². The molecule has 4 nitrogen and oxygen atoms in total. The third kappa shape index (κ3) is 5.06. The zero-order chi connectivity index (χ0) is 13.4.